The van der Waals surface area contributed by atoms with Crippen LogP contribution < -0.4 is 10.1 Å². The first-order valence-corrected chi connectivity index (χ1v) is 9.74. The number of aryl methyl sites for hydroxylation is 3. The molecule has 3 heterocycles. The van der Waals surface area contributed by atoms with Crippen LogP contribution in [0.1, 0.15) is 22.4 Å². The van der Waals surface area contributed by atoms with E-state index in [0.717, 1.165) is 33.4 Å². The van der Waals surface area contributed by atoms with Gasteiger partial charge in [-0.3, -0.25) is 4.79 Å². The zero-order valence-corrected chi connectivity index (χ0v) is 17.3. The molecule has 0 saturated heterocycles. The normalized spacial score (nSPS) is 11.0. The van der Waals surface area contributed by atoms with E-state index in [9.17, 15) is 4.79 Å². The lowest BCUT2D eigenvalue weighted by atomic mass is 10.1. The number of hydrogen-bond donors (Lipinski definition) is 1. The lowest BCUT2D eigenvalue weighted by Gasteiger charge is -2.11. The van der Waals surface area contributed by atoms with Gasteiger partial charge in [0, 0.05) is 38.2 Å². The number of carbonyl (C=O) groups excluding carboxylic acids is 1. The van der Waals surface area contributed by atoms with Gasteiger partial charge in [0.1, 0.15) is 0 Å². The topological polar surface area (TPSA) is 86.9 Å². The number of pyridine rings is 1. The first-order chi connectivity index (χ1) is 14.5. The molecule has 4 rings (SSSR count). The van der Waals surface area contributed by atoms with Crippen molar-refractivity contribution in [2.75, 3.05) is 6.61 Å². The van der Waals surface area contributed by atoms with Crippen LogP contribution in [-0.2, 0) is 24.9 Å². The first-order valence-electron chi connectivity index (χ1n) is 9.74. The fourth-order valence-corrected chi connectivity index (χ4v) is 3.49. The maximum Gasteiger partial charge on any atom is 0.258 e. The standard InChI is InChI=1S/C22H24N6O2/c1-15-10-16(2)25-21-20(15)22(26-27(21)3)30-13-19(29)24-11-17-6-4-5-7-18(17)12-28-9-8-23-14-28/h4-10,14H,11-13H2,1-3H3,(H,24,29). The fraction of sp³-hybridized carbons (Fsp3) is 0.273. The average Bonchev–Trinajstić information content (AvgIpc) is 3.34. The van der Waals surface area contributed by atoms with Gasteiger partial charge in [0.05, 0.1) is 11.7 Å². The molecule has 1 aromatic carbocycles. The molecule has 1 amide bonds. The summed E-state index contributed by atoms with van der Waals surface area (Å²) in [4.78, 5) is 21.0. The number of nitrogens with one attached hydrogen (secondary N) is 1. The van der Waals surface area contributed by atoms with Gasteiger partial charge in [-0.1, -0.05) is 24.3 Å². The Bertz CT molecular complexity index is 1180. The number of hydrogen-bond acceptors (Lipinski definition) is 5. The molecule has 0 spiro atoms. The minimum atomic E-state index is -0.205. The van der Waals surface area contributed by atoms with Crippen LogP contribution in [0.3, 0.4) is 0 Å². The molecule has 0 bridgehead atoms. The van der Waals surface area contributed by atoms with Crippen LogP contribution in [0.15, 0.2) is 49.1 Å². The van der Waals surface area contributed by atoms with E-state index in [-0.39, 0.29) is 12.5 Å². The number of carbonyl (C=O) groups is 1. The van der Waals surface area contributed by atoms with Crippen molar-refractivity contribution in [3.8, 4) is 5.88 Å². The predicted octanol–water partition coefficient (Wildman–Crippen LogP) is 2.53. The van der Waals surface area contributed by atoms with Gasteiger partial charge >= 0.3 is 0 Å². The smallest absolute Gasteiger partial charge is 0.258 e. The molecule has 8 nitrogen and oxygen atoms in total. The van der Waals surface area contributed by atoms with Gasteiger partial charge in [0.2, 0.25) is 5.88 Å². The molecule has 4 aromatic rings. The minimum absolute atomic E-state index is 0.108. The van der Waals surface area contributed by atoms with Crippen LogP contribution in [-0.4, -0.2) is 36.8 Å². The third-order valence-electron chi connectivity index (χ3n) is 4.93. The van der Waals surface area contributed by atoms with Crippen molar-refractivity contribution in [3.05, 3.63) is 71.4 Å². The summed E-state index contributed by atoms with van der Waals surface area (Å²) in [5.74, 6) is 0.220. The molecule has 8 heteroatoms. The highest BCUT2D eigenvalue weighted by atomic mass is 16.5. The zero-order chi connectivity index (χ0) is 21.1. The molecule has 30 heavy (non-hydrogen) atoms. The third kappa shape index (κ3) is 4.17. The van der Waals surface area contributed by atoms with Crippen LogP contribution in [0.5, 0.6) is 5.88 Å². The molecule has 0 atom stereocenters. The summed E-state index contributed by atoms with van der Waals surface area (Å²) in [7, 11) is 1.82. The van der Waals surface area contributed by atoms with Crippen molar-refractivity contribution in [2.45, 2.75) is 26.9 Å². The molecule has 0 aliphatic carbocycles. The summed E-state index contributed by atoms with van der Waals surface area (Å²) in [6.07, 6.45) is 5.44. The molecule has 154 valence electrons. The van der Waals surface area contributed by atoms with Crippen molar-refractivity contribution in [2.24, 2.45) is 7.05 Å². The Morgan fingerprint density at radius 1 is 1.20 bits per heavy atom. The van der Waals surface area contributed by atoms with E-state index in [0.29, 0.717) is 19.0 Å². The summed E-state index contributed by atoms with van der Waals surface area (Å²) in [5, 5.41) is 8.14. The van der Waals surface area contributed by atoms with Gasteiger partial charge in [0.25, 0.3) is 5.91 Å². The number of aromatic nitrogens is 5. The predicted molar refractivity (Wildman–Crippen MR) is 113 cm³/mol. The van der Waals surface area contributed by atoms with Crippen molar-refractivity contribution >= 4 is 16.9 Å². The Hall–Kier alpha value is -3.68. The van der Waals surface area contributed by atoms with Crippen molar-refractivity contribution in [1.82, 2.24) is 29.6 Å². The van der Waals surface area contributed by atoms with Crippen molar-refractivity contribution < 1.29 is 9.53 Å². The maximum atomic E-state index is 12.4. The van der Waals surface area contributed by atoms with Crippen molar-refractivity contribution in [1.29, 1.82) is 0 Å². The Labute approximate surface area is 174 Å². The lowest BCUT2D eigenvalue weighted by Crippen LogP contribution is -2.29. The Balaban J connectivity index is 1.39. The molecule has 1 N–H and O–H groups in total. The molecule has 0 unspecified atom stereocenters. The SMILES string of the molecule is Cc1cc(C)c2c(OCC(=O)NCc3ccccc3Cn3ccnc3)nn(C)c2n1. The van der Waals surface area contributed by atoms with E-state index in [4.69, 9.17) is 4.74 Å². The summed E-state index contributed by atoms with van der Waals surface area (Å²) in [6, 6.07) is 10.00. The molecule has 0 fully saturated rings. The van der Waals surface area contributed by atoms with Gasteiger partial charge < -0.3 is 14.6 Å². The summed E-state index contributed by atoms with van der Waals surface area (Å²) in [5.41, 5.74) is 4.87. The highest BCUT2D eigenvalue weighted by Gasteiger charge is 2.15. The average molecular weight is 404 g/mol. The number of ether oxygens (including phenoxy) is 1. The van der Waals surface area contributed by atoms with Gasteiger partial charge in [-0.2, -0.15) is 0 Å². The molecular weight excluding hydrogens is 380 g/mol. The molecule has 0 aliphatic heterocycles. The molecule has 0 aliphatic rings. The van der Waals surface area contributed by atoms with Gasteiger partial charge in [0.15, 0.2) is 12.3 Å². The second kappa shape index (κ2) is 8.36. The Morgan fingerprint density at radius 2 is 2.00 bits per heavy atom. The number of benzene rings is 1. The number of nitrogens with zero attached hydrogens (tertiary/aromatic N) is 5. The quantitative estimate of drug-likeness (QED) is 0.511. The Morgan fingerprint density at radius 3 is 2.77 bits per heavy atom. The van der Waals surface area contributed by atoms with Crippen LogP contribution >= 0.6 is 0 Å². The van der Waals surface area contributed by atoms with E-state index < -0.39 is 0 Å². The third-order valence-corrected chi connectivity index (χ3v) is 4.93. The second-order valence-corrected chi connectivity index (χ2v) is 7.28. The van der Waals surface area contributed by atoms with Crippen LogP contribution in [0.25, 0.3) is 11.0 Å². The lowest BCUT2D eigenvalue weighted by molar-refractivity contribution is -0.123. The van der Waals surface area contributed by atoms with Crippen LogP contribution in [0.2, 0.25) is 0 Å². The van der Waals surface area contributed by atoms with Gasteiger partial charge in [-0.05, 0) is 36.6 Å². The molecule has 0 saturated carbocycles. The number of fused-ring (bicyclic) bond motifs is 1. The second-order valence-electron chi connectivity index (χ2n) is 7.28. The van der Waals surface area contributed by atoms with E-state index >= 15 is 0 Å². The van der Waals surface area contributed by atoms with E-state index in [1.807, 2.05) is 55.9 Å². The van der Waals surface area contributed by atoms with Gasteiger partial charge in [-0.25, -0.2) is 14.6 Å². The minimum Gasteiger partial charge on any atom is -0.466 e. The molecular formula is C22H24N6O2. The first kappa shape index (κ1) is 19.6. The summed E-state index contributed by atoms with van der Waals surface area (Å²) >= 11 is 0. The van der Waals surface area contributed by atoms with Gasteiger partial charge in [-0.15, -0.1) is 5.10 Å². The van der Waals surface area contributed by atoms with Crippen LogP contribution in [0.4, 0.5) is 0 Å². The van der Waals surface area contributed by atoms with Crippen molar-refractivity contribution in [3.63, 3.8) is 0 Å². The molecule has 0 radical (unpaired) electrons. The van der Waals surface area contributed by atoms with E-state index in [1.165, 1.54) is 0 Å². The summed E-state index contributed by atoms with van der Waals surface area (Å²) in [6.45, 7) is 4.95. The highest BCUT2D eigenvalue weighted by molar-refractivity contribution is 5.85. The number of rotatable bonds is 7. The largest absolute Gasteiger partial charge is 0.466 e. The highest BCUT2D eigenvalue weighted by Crippen LogP contribution is 2.26. The number of imidazole rings is 1. The number of amides is 1. The molecule has 3 aromatic heterocycles. The van der Waals surface area contributed by atoms with E-state index in [1.54, 1.807) is 17.2 Å². The maximum absolute atomic E-state index is 12.4. The zero-order valence-electron chi connectivity index (χ0n) is 17.3. The Kier molecular flexibility index (Phi) is 5.47. The van der Waals surface area contributed by atoms with Crippen LogP contribution in [0, 0.1) is 13.8 Å². The fourth-order valence-electron chi connectivity index (χ4n) is 3.49. The summed E-state index contributed by atoms with van der Waals surface area (Å²) < 4.78 is 9.40. The van der Waals surface area contributed by atoms with E-state index in [2.05, 4.69) is 26.4 Å². The monoisotopic (exact) mass is 404 g/mol.